The summed E-state index contributed by atoms with van der Waals surface area (Å²) in [6, 6.07) is 5.57. The number of thioether (sulfide) groups is 1. The summed E-state index contributed by atoms with van der Waals surface area (Å²) in [5, 5.41) is 10.7. The van der Waals surface area contributed by atoms with Gasteiger partial charge in [0.05, 0.1) is 16.3 Å². The van der Waals surface area contributed by atoms with E-state index in [0.717, 1.165) is 47.6 Å². The molecule has 1 heterocycles. The van der Waals surface area contributed by atoms with Gasteiger partial charge in [-0.25, -0.2) is 4.79 Å². The van der Waals surface area contributed by atoms with Gasteiger partial charge in [0.15, 0.2) is 0 Å². The van der Waals surface area contributed by atoms with Crippen molar-refractivity contribution in [1.29, 1.82) is 0 Å². The maximum atomic E-state index is 11.0. The average molecular weight is 447 g/mol. The van der Waals surface area contributed by atoms with Crippen molar-refractivity contribution >= 4 is 58.0 Å². The number of allylic oxidation sites excluding steroid dienone is 1. The number of aliphatic imine (C=N–C) groups is 1. The third-order valence-corrected chi connectivity index (χ3v) is 6.90. The van der Waals surface area contributed by atoms with Crippen LogP contribution < -0.4 is 4.72 Å². The molecule has 1 aromatic rings. The molecule has 2 N–H and O–H groups in total. The van der Waals surface area contributed by atoms with Crippen LogP contribution in [0.3, 0.4) is 0 Å². The second-order valence-corrected chi connectivity index (χ2v) is 9.14. The number of hydrogen-bond donors (Lipinski definition) is 2. The van der Waals surface area contributed by atoms with Gasteiger partial charge < -0.3 is 5.11 Å². The number of rotatable bonds is 11. The molecule has 0 saturated carbocycles. The molecule has 0 bridgehead atoms. The SMILES string of the molecule is C=CCCCCCCC1CSC(C(SNC(=O)O)c2cc(Cl)cc(Cl)c2)=N1. The van der Waals surface area contributed by atoms with Gasteiger partial charge in [0.1, 0.15) is 0 Å². The Labute approximate surface area is 179 Å². The Kier molecular flexibility index (Phi) is 9.90. The summed E-state index contributed by atoms with van der Waals surface area (Å²) in [6.45, 7) is 3.75. The van der Waals surface area contributed by atoms with E-state index >= 15 is 0 Å². The van der Waals surface area contributed by atoms with Gasteiger partial charge in [0.25, 0.3) is 0 Å². The maximum absolute atomic E-state index is 11.0. The van der Waals surface area contributed by atoms with Crippen LogP contribution in [0.5, 0.6) is 0 Å². The van der Waals surface area contributed by atoms with Crippen molar-refractivity contribution in [3.8, 4) is 0 Å². The van der Waals surface area contributed by atoms with E-state index in [1.54, 1.807) is 17.8 Å². The van der Waals surface area contributed by atoms with E-state index in [1.165, 1.54) is 19.3 Å². The minimum Gasteiger partial charge on any atom is -0.464 e. The van der Waals surface area contributed by atoms with Crippen LogP contribution >= 0.6 is 46.9 Å². The molecule has 0 radical (unpaired) electrons. The first-order valence-corrected chi connectivity index (χ1v) is 11.5. The van der Waals surface area contributed by atoms with E-state index < -0.39 is 6.09 Å². The quantitative estimate of drug-likeness (QED) is 0.218. The Morgan fingerprint density at radius 3 is 2.70 bits per heavy atom. The first kappa shape index (κ1) is 22.5. The fraction of sp³-hybridized carbons (Fsp3) is 0.474. The van der Waals surface area contributed by atoms with Gasteiger partial charge in [0, 0.05) is 15.8 Å². The summed E-state index contributed by atoms with van der Waals surface area (Å²) in [6.07, 6.45) is 7.82. The van der Waals surface area contributed by atoms with Gasteiger partial charge in [-0.15, -0.1) is 18.3 Å². The third kappa shape index (κ3) is 7.98. The van der Waals surface area contributed by atoms with Gasteiger partial charge in [-0.3, -0.25) is 9.71 Å². The molecule has 4 nitrogen and oxygen atoms in total. The van der Waals surface area contributed by atoms with E-state index in [2.05, 4.69) is 11.3 Å². The van der Waals surface area contributed by atoms with E-state index in [1.807, 2.05) is 18.2 Å². The molecule has 0 spiro atoms. The number of benzene rings is 1. The highest BCUT2D eigenvalue weighted by molar-refractivity contribution is 8.16. The van der Waals surface area contributed by atoms with Gasteiger partial charge in [-0.1, -0.05) is 48.5 Å². The van der Waals surface area contributed by atoms with Gasteiger partial charge in [-0.2, -0.15) is 0 Å². The van der Waals surface area contributed by atoms with Crippen molar-refractivity contribution in [3.63, 3.8) is 0 Å². The van der Waals surface area contributed by atoms with Crippen LogP contribution in [0, 0.1) is 0 Å². The fourth-order valence-electron chi connectivity index (χ4n) is 2.85. The zero-order valence-electron chi connectivity index (χ0n) is 15.0. The number of nitrogens with zero attached hydrogens (tertiary/aromatic N) is 1. The van der Waals surface area contributed by atoms with Crippen molar-refractivity contribution in [3.05, 3.63) is 46.5 Å². The molecular weight excluding hydrogens is 423 g/mol. The number of hydrogen-bond acceptors (Lipinski definition) is 4. The smallest absolute Gasteiger partial charge is 0.414 e. The second-order valence-electron chi connectivity index (χ2n) is 6.32. The predicted molar refractivity (Wildman–Crippen MR) is 120 cm³/mol. The van der Waals surface area contributed by atoms with E-state index in [9.17, 15) is 4.79 Å². The second kappa shape index (κ2) is 11.9. The first-order chi connectivity index (χ1) is 13.0. The van der Waals surface area contributed by atoms with E-state index in [0.29, 0.717) is 10.0 Å². The number of nitrogens with one attached hydrogen (secondary N) is 1. The highest BCUT2D eigenvalue weighted by Crippen LogP contribution is 2.39. The lowest BCUT2D eigenvalue weighted by atomic mass is 10.1. The Balaban J connectivity index is 2.00. The summed E-state index contributed by atoms with van der Waals surface area (Å²) >= 11 is 15.1. The highest BCUT2D eigenvalue weighted by atomic mass is 35.5. The van der Waals surface area contributed by atoms with Crippen LogP contribution in [0.4, 0.5) is 4.79 Å². The van der Waals surface area contributed by atoms with Crippen LogP contribution in [0.15, 0.2) is 35.8 Å². The molecule has 2 rings (SSSR count). The largest absolute Gasteiger partial charge is 0.464 e. The molecule has 0 saturated heterocycles. The molecule has 1 amide bonds. The summed E-state index contributed by atoms with van der Waals surface area (Å²) in [5.41, 5.74) is 0.850. The molecule has 1 aromatic carbocycles. The predicted octanol–water partition coefficient (Wildman–Crippen LogP) is 6.99. The molecule has 2 unspecified atom stereocenters. The molecule has 1 aliphatic rings. The topological polar surface area (TPSA) is 61.7 Å². The third-order valence-electron chi connectivity index (χ3n) is 4.11. The van der Waals surface area contributed by atoms with Crippen LogP contribution in [0.25, 0.3) is 0 Å². The summed E-state index contributed by atoms with van der Waals surface area (Å²) in [4.78, 5) is 15.8. The Bertz CT molecular complexity index is 665. The number of carbonyl (C=O) groups is 1. The van der Waals surface area contributed by atoms with Crippen LogP contribution in [-0.2, 0) is 0 Å². The fourth-order valence-corrected chi connectivity index (χ4v) is 5.51. The van der Waals surface area contributed by atoms with Gasteiger partial charge in [0.2, 0.25) is 0 Å². The van der Waals surface area contributed by atoms with Crippen LogP contribution in [-0.4, -0.2) is 28.0 Å². The number of carboxylic acid groups (broad SMARTS) is 1. The van der Waals surface area contributed by atoms with Crippen LogP contribution in [0.1, 0.15) is 49.3 Å². The number of halogens is 2. The summed E-state index contributed by atoms with van der Waals surface area (Å²) in [5.74, 6) is 0.931. The molecule has 2 atom stereocenters. The van der Waals surface area contributed by atoms with Crippen molar-refractivity contribution in [2.45, 2.75) is 49.8 Å². The Hall–Kier alpha value is -0.820. The van der Waals surface area contributed by atoms with Crippen molar-refractivity contribution < 1.29 is 9.90 Å². The Morgan fingerprint density at radius 2 is 2.04 bits per heavy atom. The lowest BCUT2D eigenvalue weighted by molar-refractivity contribution is 0.202. The van der Waals surface area contributed by atoms with Crippen molar-refractivity contribution in [2.75, 3.05) is 5.75 Å². The van der Waals surface area contributed by atoms with Gasteiger partial charge in [-0.05, 0) is 55.0 Å². The average Bonchev–Trinajstić information content (AvgIpc) is 3.06. The molecule has 0 aromatic heterocycles. The lowest BCUT2D eigenvalue weighted by Crippen LogP contribution is -2.17. The van der Waals surface area contributed by atoms with E-state index in [-0.39, 0.29) is 11.3 Å². The first-order valence-electron chi connectivity index (χ1n) is 8.91. The maximum Gasteiger partial charge on any atom is 0.414 e. The monoisotopic (exact) mass is 446 g/mol. The minimum absolute atomic E-state index is 0.250. The molecular formula is C19H24Cl2N2O2S2. The Morgan fingerprint density at radius 1 is 1.33 bits per heavy atom. The number of unbranched alkanes of at least 4 members (excludes halogenated alkanes) is 4. The molecule has 0 aliphatic carbocycles. The van der Waals surface area contributed by atoms with Crippen molar-refractivity contribution in [1.82, 2.24) is 4.72 Å². The summed E-state index contributed by atoms with van der Waals surface area (Å²) in [7, 11) is 0. The molecule has 148 valence electrons. The zero-order valence-corrected chi connectivity index (χ0v) is 18.1. The highest BCUT2D eigenvalue weighted by Gasteiger charge is 2.28. The normalized spacial score (nSPS) is 17.4. The molecule has 8 heteroatoms. The number of amides is 1. The molecule has 27 heavy (non-hydrogen) atoms. The zero-order chi connectivity index (χ0) is 19.6. The minimum atomic E-state index is -1.09. The molecule has 1 aliphatic heterocycles. The molecule has 0 fully saturated rings. The lowest BCUT2D eigenvalue weighted by Gasteiger charge is -2.16. The standard InChI is InChI=1S/C19H24Cl2N2O2S2/c1-2-3-4-5-6-7-8-16-12-26-18(22-16)17(27-23-19(24)25)13-9-14(20)11-15(21)10-13/h2,9-11,16-17,23H,1,3-8,12H2,(H,24,25). The van der Waals surface area contributed by atoms with Gasteiger partial charge >= 0.3 is 6.09 Å². The van der Waals surface area contributed by atoms with Crippen LogP contribution in [0.2, 0.25) is 10.0 Å². The van der Waals surface area contributed by atoms with Crippen molar-refractivity contribution in [2.24, 2.45) is 4.99 Å². The summed E-state index contributed by atoms with van der Waals surface area (Å²) < 4.78 is 2.39. The van der Waals surface area contributed by atoms with E-state index in [4.69, 9.17) is 33.3 Å².